The van der Waals surface area contributed by atoms with Crippen LogP contribution >= 0.6 is 0 Å². The second-order valence-electron chi connectivity index (χ2n) is 5.63. The molecule has 1 fully saturated rings. The number of carboxylic acids is 1. The zero-order chi connectivity index (χ0) is 14.9. The van der Waals surface area contributed by atoms with E-state index < -0.39 is 11.4 Å². The Kier molecular flexibility index (Phi) is 3.83. The van der Waals surface area contributed by atoms with Crippen molar-refractivity contribution in [3.63, 3.8) is 0 Å². The molecule has 1 saturated carbocycles. The van der Waals surface area contributed by atoms with Gasteiger partial charge in [-0.15, -0.1) is 0 Å². The van der Waals surface area contributed by atoms with E-state index in [2.05, 4.69) is 10.4 Å². The highest BCUT2D eigenvalue weighted by Crippen LogP contribution is 2.38. The summed E-state index contributed by atoms with van der Waals surface area (Å²) in [6, 6.07) is 1.40. The van der Waals surface area contributed by atoms with Crippen LogP contribution in [-0.4, -0.2) is 32.8 Å². The van der Waals surface area contributed by atoms with E-state index >= 15 is 0 Å². The van der Waals surface area contributed by atoms with Gasteiger partial charge >= 0.3 is 5.97 Å². The van der Waals surface area contributed by atoms with Crippen molar-refractivity contribution in [2.75, 3.05) is 0 Å². The first-order valence-corrected chi connectivity index (χ1v) is 6.97. The van der Waals surface area contributed by atoms with Gasteiger partial charge in [0.15, 0.2) is 0 Å². The summed E-state index contributed by atoms with van der Waals surface area (Å²) in [5.74, 6) is -1.09. The average Bonchev–Trinajstić information content (AvgIpc) is 2.94. The van der Waals surface area contributed by atoms with Gasteiger partial charge in [0.05, 0.1) is 11.1 Å². The highest BCUT2D eigenvalue weighted by Gasteiger charge is 2.46. The number of carbonyl (C=O) groups excluding carboxylic acids is 1. The third kappa shape index (κ3) is 2.42. The van der Waals surface area contributed by atoms with Gasteiger partial charge < -0.3 is 10.4 Å². The van der Waals surface area contributed by atoms with Crippen LogP contribution in [0.4, 0.5) is 0 Å². The van der Waals surface area contributed by atoms with Crippen LogP contribution in [0.25, 0.3) is 0 Å². The summed E-state index contributed by atoms with van der Waals surface area (Å²) in [7, 11) is 0. The number of nitrogens with zero attached hydrogens (tertiary/aromatic N) is 2. The van der Waals surface area contributed by atoms with Gasteiger partial charge in [0, 0.05) is 12.6 Å². The van der Waals surface area contributed by atoms with Crippen LogP contribution in [0.1, 0.15) is 49.3 Å². The van der Waals surface area contributed by atoms with Gasteiger partial charge in [-0.3, -0.25) is 14.3 Å². The summed E-state index contributed by atoms with van der Waals surface area (Å²) >= 11 is 0. The monoisotopic (exact) mass is 279 g/mol. The van der Waals surface area contributed by atoms with Crippen molar-refractivity contribution in [2.24, 2.45) is 5.41 Å². The predicted molar refractivity (Wildman–Crippen MR) is 73.5 cm³/mol. The van der Waals surface area contributed by atoms with E-state index in [9.17, 15) is 14.7 Å². The molecule has 110 valence electrons. The van der Waals surface area contributed by atoms with E-state index in [0.29, 0.717) is 25.1 Å². The normalized spacial score (nSPS) is 25.6. The lowest BCUT2D eigenvalue weighted by Gasteiger charge is -2.27. The van der Waals surface area contributed by atoms with Crippen LogP contribution in [0, 0.1) is 12.3 Å². The molecule has 2 N–H and O–H groups in total. The Labute approximate surface area is 118 Å². The van der Waals surface area contributed by atoms with Gasteiger partial charge in [-0.2, -0.15) is 5.10 Å². The maximum Gasteiger partial charge on any atom is 0.311 e. The third-order valence-electron chi connectivity index (χ3n) is 4.19. The molecule has 1 aromatic rings. The number of amides is 1. The molecule has 20 heavy (non-hydrogen) atoms. The summed E-state index contributed by atoms with van der Waals surface area (Å²) in [6.45, 7) is 6.06. The number of hydrogen-bond donors (Lipinski definition) is 2. The van der Waals surface area contributed by atoms with E-state index in [-0.39, 0.29) is 11.9 Å². The largest absolute Gasteiger partial charge is 0.481 e. The summed E-state index contributed by atoms with van der Waals surface area (Å²) in [6.07, 6.45) is 2.12. The Balaban J connectivity index is 2.17. The van der Waals surface area contributed by atoms with Crippen LogP contribution in [-0.2, 0) is 11.3 Å². The molecule has 2 rings (SSSR count). The van der Waals surface area contributed by atoms with Crippen molar-refractivity contribution < 1.29 is 14.7 Å². The van der Waals surface area contributed by atoms with Gasteiger partial charge in [-0.25, -0.2) is 0 Å². The Hall–Kier alpha value is -1.85. The first-order chi connectivity index (χ1) is 9.38. The fourth-order valence-electron chi connectivity index (χ4n) is 2.86. The van der Waals surface area contributed by atoms with Crippen molar-refractivity contribution in [2.45, 2.75) is 52.6 Å². The molecule has 1 amide bonds. The second kappa shape index (κ2) is 5.26. The van der Waals surface area contributed by atoms with Gasteiger partial charge in [0.1, 0.15) is 5.69 Å². The summed E-state index contributed by atoms with van der Waals surface area (Å²) in [5.41, 5.74) is 0.399. The van der Waals surface area contributed by atoms with E-state index in [0.717, 1.165) is 12.1 Å². The standard InChI is InChI=1S/C14H21N3O3/c1-4-17-10(8-9(2)16-17)12(18)15-11-6-5-7-14(11,3)13(19)20/h8,11H,4-7H2,1-3H3,(H,15,18)(H,19,20). The van der Waals surface area contributed by atoms with E-state index in [1.165, 1.54) is 0 Å². The van der Waals surface area contributed by atoms with Crippen LogP contribution in [0.2, 0.25) is 0 Å². The molecular formula is C14H21N3O3. The molecule has 1 heterocycles. The van der Waals surface area contributed by atoms with Crippen LogP contribution in [0.15, 0.2) is 6.07 Å². The fourth-order valence-corrected chi connectivity index (χ4v) is 2.86. The number of aliphatic carboxylic acids is 1. The Morgan fingerprint density at radius 3 is 2.90 bits per heavy atom. The number of hydrogen-bond acceptors (Lipinski definition) is 3. The van der Waals surface area contributed by atoms with E-state index in [4.69, 9.17) is 0 Å². The molecule has 0 spiro atoms. The van der Waals surface area contributed by atoms with Gasteiger partial charge in [0.2, 0.25) is 0 Å². The van der Waals surface area contributed by atoms with E-state index in [1.807, 2.05) is 13.8 Å². The van der Waals surface area contributed by atoms with Crippen LogP contribution in [0.5, 0.6) is 0 Å². The highest BCUT2D eigenvalue weighted by atomic mass is 16.4. The van der Waals surface area contributed by atoms with Crippen LogP contribution in [0.3, 0.4) is 0 Å². The molecule has 0 bridgehead atoms. The molecule has 6 nitrogen and oxygen atoms in total. The van der Waals surface area contributed by atoms with Crippen molar-refractivity contribution >= 4 is 11.9 Å². The SMILES string of the molecule is CCn1nc(C)cc1C(=O)NC1CCCC1(C)C(=O)O. The molecule has 0 aliphatic heterocycles. The Bertz CT molecular complexity index is 538. The molecule has 2 atom stereocenters. The number of rotatable bonds is 4. The second-order valence-corrected chi connectivity index (χ2v) is 5.63. The lowest BCUT2D eigenvalue weighted by Crippen LogP contribution is -2.47. The molecule has 1 aromatic heterocycles. The zero-order valence-electron chi connectivity index (χ0n) is 12.1. The highest BCUT2D eigenvalue weighted by molar-refractivity contribution is 5.93. The number of nitrogens with one attached hydrogen (secondary N) is 1. The first-order valence-electron chi connectivity index (χ1n) is 6.97. The van der Waals surface area contributed by atoms with Crippen molar-refractivity contribution in [3.05, 3.63) is 17.5 Å². The summed E-state index contributed by atoms with van der Waals surface area (Å²) in [5, 5.41) is 16.5. The smallest absolute Gasteiger partial charge is 0.311 e. The molecule has 0 radical (unpaired) electrons. The number of aryl methyl sites for hydroxylation is 2. The number of carbonyl (C=O) groups is 2. The lowest BCUT2D eigenvalue weighted by atomic mass is 9.85. The Morgan fingerprint density at radius 1 is 1.60 bits per heavy atom. The first kappa shape index (κ1) is 14.6. The molecular weight excluding hydrogens is 258 g/mol. The Morgan fingerprint density at radius 2 is 2.30 bits per heavy atom. The minimum atomic E-state index is -0.873. The van der Waals surface area contributed by atoms with Gasteiger partial charge in [-0.05, 0) is 39.7 Å². The molecule has 6 heteroatoms. The quantitative estimate of drug-likeness (QED) is 0.876. The molecule has 1 aliphatic carbocycles. The topological polar surface area (TPSA) is 84.2 Å². The minimum Gasteiger partial charge on any atom is -0.481 e. The van der Waals surface area contributed by atoms with Crippen molar-refractivity contribution in [1.29, 1.82) is 0 Å². The summed E-state index contributed by atoms with van der Waals surface area (Å²) < 4.78 is 1.64. The fraction of sp³-hybridized carbons (Fsp3) is 0.643. The zero-order valence-corrected chi connectivity index (χ0v) is 12.1. The van der Waals surface area contributed by atoms with Crippen molar-refractivity contribution in [3.8, 4) is 0 Å². The molecule has 2 unspecified atom stereocenters. The molecule has 0 saturated heterocycles. The van der Waals surface area contributed by atoms with Crippen molar-refractivity contribution in [1.82, 2.24) is 15.1 Å². The van der Waals surface area contributed by atoms with Crippen LogP contribution < -0.4 is 5.32 Å². The minimum absolute atomic E-state index is 0.244. The third-order valence-corrected chi connectivity index (χ3v) is 4.19. The average molecular weight is 279 g/mol. The number of aromatic nitrogens is 2. The van der Waals surface area contributed by atoms with E-state index in [1.54, 1.807) is 17.7 Å². The predicted octanol–water partition coefficient (Wildman–Crippen LogP) is 1.58. The molecule has 1 aliphatic rings. The summed E-state index contributed by atoms with van der Waals surface area (Å²) in [4.78, 5) is 23.7. The lowest BCUT2D eigenvalue weighted by molar-refractivity contribution is -0.148. The maximum absolute atomic E-state index is 12.3. The van der Waals surface area contributed by atoms with Gasteiger partial charge in [0.25, 0.3) is 5.91 Å². The van der Waals surface area contributed by atoms with Gasteiger partial charge in [-0.1, -0.05) is 6.42 Å². The number of carboxylic acid groups (broad SMARTS) is 1. The maximum atomic E-state index is 12.3. The molecule has 0 aromatic carbocycles.